The van der Waals surface area contributed by atoms with E-state index in [1.807, 2.05) is 0 Å². The average molecular weight is 667 g/mol. The van der Waals surface area contributed by atoms with Crippen LogP contribution in [0.4, 0.5) is 0 Å². The van der Waals surface area contributed by atoms with Crippen LogP contribution in [-0.2, 0) is 33.2 Å². The molecule has 4 aliphatic rings. The highest BCUT2D eigenvalue weighted by Gasteiger charge is 2.52. The Morgan fingerprint density at radius 2 is 0.778 bits per heavy atom. The molecule has 14 N–H and O–H groups in total. The van der Waals surface area contributed by atoms with E-state index < -0.39 is 149 Å². The largest absolute Gasteiger partial charge is 0.394 e. The Morgan fingerprint density at radius 1 is 0.378 bits per heavy atom. The quantitative estimate of drug-likeness (QED) is 0.103. The topological polar surface area (TPSA) is 348 Å². The van der Waals surface area contributed by atoms with Crippen molar-refractivity contribution in [3.05, 3.63) is 0 Å². The smallest absolute Gasteiger partial charge is 0.187 e. The summed E-state index contributed by atoms with van der Waals surface area (Å²) < 4.78 is 37.4. The minimum Gasteiger partial charge on any atom is -0.394 e. The lowest BCUT2D eigenvalue weighted by Gasteiger charge is -2.46. The summed E-state index contributed by atoms with van der Waals surface area (Å²) in [6, 6.07) is 0. The van der Waals surface area contributed by atoms with Crippen LogP contribution >= 0.6 is 0 Å². The highest BCUT2D eigenvalue weighted by atomic mass is 16.8. The molecule has 21 nitrogen and oxygen atoms in total. The van der Waals surface area contributed by atoms with Gasteiger partial charge in [0.1, 0.15) is 97.7 Å². The lowest BCUT2D eigenvalue weighted by atomic mass is 9.97. The Kier molecular flexibility index (Phi) is 12.8. The first-order valence-electron chi connectivity index (χ1n) is 14.1. The van der Waals surface area contributed by atoms with Crippen LogP contribution in [0.5, 0.6) is 0 Å². The summed E-state index contributed by atoms with van der Waals surface area (Å²) in [5.41, 5.74) is 0. The van der Waals surface area contributed by atoms with Gasteiger partial charge in [0.15, 0.2) is 25.2 Å². The summed E-state index contributed by atoms with van der Waals surface area (Å²) in [4.78, 5) is 0. The van der Waals surface area contributed by atoms with Crippen molar-refractivity contribution in [1.82, 2.24) is 0 Å². The molecule has 0 radical (unpaired) electrons. The maximum atomic E-state index is 10.7. The summed E-state index contributed by atoms with van der Waals surface area (Å²) in [7, 11) is 0. The monoisotopic (exact) mass is 666 g/mol. The SMILES string of the molecule is OC[C@H]1OC(O[C@H]2[C@H](O)[C@@H](O)C(OC[C@H]3OC(OC[C@H]4OC(O)[C@H](O)[C@@H](O)[C@H]4O)[C@H](O)[C@@H](O)[C@H]3O)O[C@@H]2CO)[C@H](O)[C@@H](O)[C@H]1O. The van der Waals surface area contributed by atoms with E-state index in [2.05, 4.69) is 0 Å². The molecule has 0 aromatic heterocycles. The third-order valence-corrected chi connectivity index (χ3v) is 8.17. The lowest BCUT2D eigenvalue weighted by molar-refractivity contribution is -0.365. The van der Waals surface area contributed by atoms with Crippen molar-refractivity contribution in [1.29, 1.82) is 0 Å². The molecule has 4 saturated heterocycles. The molecule has 20 atom stereocenters. The normalized spacial score (nSPS) is 52.9. The van der Waals surface area contributed by atoms with Gasteiger partial charge in [-0.05, 0) is 0 Å². The molecule has 0 saturated carbocycles. The second kappa shape index (κ2) is 15.6. The molecule has 21 heteroatoms. The van der Waals surface area contributed by atoms with Crippen molar-refractivity contribution < 1.29 is 105 Å². The Balaban J connectivity index is 1.35. The van der Waals surface area contributed by atoms with Gasteiger partial charge >= 0.3 is 0 Å². The van der Waals surface area contributed by atoms with E-state index in [1.165, 1.54) is 0 Å². The second-order valence-corrected chi connectivity index (χ2v) is 11.2. The summed E-state index contributed by atoms with van der Waals surface area (Å²) >= 11 is 0. The van der Waals surface area contributed by atoms with Crippen molar-refractivity contribution in [3.63, 3.8) is 0 Å². The van der Waals surface area contributed by atoms with E-state index >= 15 is 0 Å². The molecule has 0 spiro atoms. The Labute approximate surface area is 254 Å². The van der Waals surface area contributed by atoms with Gasteiger partial charge in [-0.1, -0.05) is 0 Å². The first kappa shape index (κ1) is 37.0. The zero-order valence-corrected chi connectivity index (χ0v) is 23.5. The summed E-state index contributed by atoms with van der Waals surface area (Å²) in [5.74, 6) is 0. The molecule has 4 unspecified atom stereocenters. The van der Waals surface area contributed by atoms with Crippen LogP contribution in [0.2, 0.25) is 0 Å². The van der Waals surface area contributed by atoms with Gasteiger partial charge in [0.2, 0.25) is 0 Å². The first-order chi connectivity index (χ1) is 21.2. The number of ether oxygens (including phenoxy) is 7. The second-order valence-electron chi connectivity index (χ2n) is 11.2. The first-order valence-corrected chi connectivity index (χ1v) is 14.1. The fourth-order valence-corrected chi connectivity index (χ4v) is 5.33. The fraction of sp³-hybridized carbons (Fsp3) is 1.00. The maximum Gasteiger partial charge on any atom is 0.187 e. The van der Waals surface area contributed by atoms with Crippen LogP contribution in [0.15, 0.2) is 0 Å². The molecular weight excluding hydrogens is 624 g/mol. The van der Waals surface area contributed by atoms with E-state index in [4.69, 9.17) is 33.2 Å². The summed E-state index contributed by atoms with van der Waals surface area (Å²) in [5, 5.41) is 141. The molecule has 0 aliphatic carbocycles. The Bertz CT molecular complexity index is 914. The van der Waals surface area contributed by atoms with Gasteiger partial charge in [0.25, 0.3) is 0 Å². The molecule has 4 aliphatic heterocycles. The Morgan fingerprint density at radius 3 is 1.31 bits per heavy atom. The van der Waals surface area contributed by atoms with Gasteiger partial charge in [-0.15, -0.1) is 0 Å². The van der Waals surface area contributed by atoms with E-state index in [0.717, 1.165) is 0 Å². The van der Waals surface area contributed by atoms with Crippen molar-refractivity contribution in [2.45, 2.75) is 123 Å². The minimum absolute atomic E-state index is 0.634. The number of rotatable bonds is 10. The molecule has 264 valence electrons. The molecular formula is C24H42O21. The van der Waals surface area contributed by atoms with Crippen molar-refractivity contribution in [2.75, 3.05) is 26.4 Å². The predicted molar refractivity (Wildman–Crippen MR) is 134 cm³/mol. The van der Waals surface area contributed by atoms with E-state index in [9.17, 15) is 71.5 Å². The molecule has 4 heterocycles. The number of aliphatic hydroxyl groups is 14. The molecule has 0 bridgehead atoms. The molecule has 45 heavy (non-hydrogen) atoms. The van der Waals surface area contributed by atoms with E-state index in [-0.39, 0.29) is 0 Å². The lowest BCUT2D eigenvalue weighted by Crippen LogP contribution is -2.65. The van der Waals surface area contributed by atoms with Crippen LogP contribution in [0.1, 0.15) is 0 Å². The number of hydrogen-bond acceptors (Lipinski definition) is 21. The van der Waals surface area contributed by atoms with Gasteiger partial charge < -0.3 is 105 Å². The van der Waals surface area contributed by atoms with Crippen LogP contribution < -0.4 is 0 Å². The zero-order valence-electron chi connectivity index (χ0n) is 23.5. The highest BCUT2D eigenvalue weighted by molar-refractivity contribution is 4.95. The van der Waals surface area contributed by atoms with Crippen LogP contribution in [-0.4, -0.2) is 221 Å². The zero-order chi connectivity index (χ0) is 33.3. The highest BCUT2D eigenvalue weighted by Crippen LogP contribution is 2.31. The molecule has 0 amide bonds. The van der Waals surface area contributed by atoms with Crippen molar-refractivity contribution >= 4 is 0 Å². The van der Waals surface area contributed by atoms with Crippen LogP contribution in [0, 0.1) is 0 Å². The van der Waals surface area contributed by atoms with Gasteiger partial charge in [0.05, 0.1) is 26.4 Å². The summed E-state index contributed by atoms with van der Waals surface area (Å²) in [6.45, 7) is -2.92. The third kappa shape index (κ3) is 7.75. The standard InChI is InChI=1S/C24H42O21/c25-1-5-9(27)13(31)18(36)24(42-5)45-20-6(2-26)43-23(19(37)15(20)33)40-4-8-11(29)14(32)17(35)22(44-8)39-3-7-10(28)12(30)16(34)21(38)41-7/h5-38H,1-4H2/t5-,6-,7-,8-,9+,10+,11+,12+,13+,14+,15-,16-,17-,18-,19-,20-,21?,22?,23?,24?/m1/s1. The molecule has 0 aromatic rings. The third-order valence-electron chi connectivity index (χ3n) is 8.17. The van der Waals surface area contributed by atoms with Crippen molar-refractivity contribution in [3.8, 4) is 0 Å². The number of hydrogen-bond donors (Lipinski definition) is 14. The number of aliphatic hydroxyl groups excluding tert-OH is 14. The molecule has 4 rings (SSSR count). The van der Waals surface area contributed by atoms with Gasteiger partial charge in [0, 0.05) is 0 Å². The maximum absolute atomic E-state index is 10.7. The molecule has 0 aromatic carbocycles. The average Bonchev–Trinajstić information content (AvgIpc) is 3.03. The van der Waals surface area contributed by atoms with Gasteiger partial charge in [-0.3, -0.25) is 0 Å². The minimum atomic E-state index is -1.91. The van der Waals surface area contributed by atoms with E-state index in [0.29, 0.717) is 0 Å². The van der Waals surface area contributed by atoms with Gasteiger partial charge in [-0.25, -0.2) is 0 Å². The van der Waals surface area contributed by atoms with Crippen molar-refractivity contribution in [2.24, 2.45) is 0 Å². The van der Waals surface area contributed by atoms with Crippen LogP contribution in [0.25, 0.3) is 0 Å². The van der Waals surface area contributed by atoms with Crippen LogP contribution in [0.3, 0.4) is 0 Å². The van der Waals surface area contributed by atoms with E-state index in [1.54, 1.807) is 0 Å². The fourth-order valence-electron chi connectivity index (χ4n) is 5.33. The summed E-state index contributed by atoms with van der Waals surface area (Å²) in [6.07, 6.45) is -34.3. The predicted octanol–water partition coefficient (Wildman–Crippen LogP) is -9.75. The molecule has 4 fully saturated rings. The van der Waals surface area contributed by atoms with Gasteiger partial charge in [-0.2, -0.15) is 0 Å². The Hall–Kier alpha value is -0.840.